The average Bonchev–Trinajstić information content (AvgIpc) is 3.19. The largest absolute Gasteiger partial charge is 0.495 e. The standard InChI is InChI=1S/C20H24N2O4S/c1-26-19-14-8-7-13-18(19)22(15-20(23)21-16-9-5-6-10-16)27(24,25)17-11-3-2-4-12-17/h2-4,7-8,11-14,16H,5-6,9-10,15H2,1H3,(H,21,23). The van der Waals surface area contributed by atoms with E-state index in [9.17, 15) is 13.2 Å². The minimum absolute atomic E-state index is 0.122. The van der Waals surface area contributed by atoms with Crippen LogP contribution in [-0.2, 0) is 14.8 Å². The van der Waals surface area contributed by atoms with E-state index >= 15 is 0 Å². The number of anilines is 1. The molecule has 1 aliphatic carbocycles. The Morgan fingerprint density at radius 2 is 1.70 bits per heavy atom. The zero-order valence-electron chi connectivity index (χ0n) is 15.3. The smallest absolute Gasteiger partial charge is 0.264 e. The Bertz CT molecular complexity index is 878. The summed E-state index contributed by atoms with van der Waals surface area (Å²) in [7, 11) is -2.45. The lowest BCUT2D eigenvalue weighted by Crippen LogP contribution is -2.43. The first-order valence-corrected chi connectivity index (χ1v) is 10.5. The Kier molecular flexibility index (Phi) is 6.01. The molecule has 1 N–H and O–H groups in total. The molecule has 3 rings (SSSR count). The molecule has 1 saturated carbocycles. The molecule has 2 aromatic carbocycles. The summed E-state index contributed by atoms with van der Waals surface area (Å²) in [5, 5.41) is 2.95. The molecule has 0 heterocycles. The van der Waals surface area contributed by atoms with Crippen LogP contribution in [-0.4, -0.2) is 34.0 Å². The summed E-state index contributed by atoms with van der Waals surface area (Å²) >= 11 is 0. The first-order chi connectivity index (χ1) is 13.0. The van der Waals surface area contributed by atoms with E-state index in [1.807, 2.05) is 0 Å². The van der Waals surface area contributed by atoms with Crippen LogP contribution in [0.5, 0.6) is 5.75 Å². The maximum Gasteiger partial charge on any atom is 0.264 e. The Hall–Kier alpha value is -2.54. The second kappa shape index (κ2) is 8.43. The average molecular weight is 388 g/mol. The summed E-state index contributed by atoms with van der Waals surface area (Å²) in [6.45, 7) is -0.298. The molecule has 0 saturated heterocycles. The van der Waals surface area contributed by atoms with Crippen molar-refractivity contribution in [3.63, 3.8) is 0 Å². The van der Waals surface area contributed by atoms with Gasteiger partial charge < -0.3 is 10.1 Å². The number of rotatable bonds is 7. The van der Waals surface area contributed by atoms with Gasteiger partial charge in [-0.3, -0.25) is 9.10 Å². The van der Waals surface area contributed by atoms with Crippen LogP contribution in [0.1, 0.15) is 25.7 Å². The summed E-state index contributed by atoms with van der Waals surface area (Å²) in [5.41, 5.74) is 0.338. The molecule has 1 aliphatic rings. The fraction of sp³-hybridized carbons (Fsp3) is 0.350. The number of amides is 1. The number of nitrogens with one attached hydrogen (secondary N) is 1. The van der Waals surface area contributed by atoms with E-state index in [-0.39, 0.29) is 23.4 Å². The molecule has 7 heteroatoms. The number of carbonyl (C=O) groups excluding carboxylic acids is 1. The summed E-state index contributed by atoms with van der Waals surface area (Å²) < 4.78 is 33.0. The maximum atomic E-state index is 13.3. The minimum atomic E-state index is -3.92. The molecular weight excluding hydrogens is 364 g/mol. The van der Waals surface area contributed by atoms with E-state index in [1.165, 1.54) is 19.2 Å². The molecule has 0 atom stereocenters. The highest BCUT2D eigenvalue weighted by molar-refractivity contribution is 7.92. The molecule has 0 spiro atoms. The second-order valence-electron chi connectivity index (χ2n) is 6.55. The van der Waals surface area contributed by atoms with E-state index in [2.05, 4.69) is 5.32 Å². The lowest BCUT2D eigenvalue weighted by atomic mass is 10.2. The molecular formula is C20H24N2O4S. The molecule has 144 valence electrons. The molecule has 0 radical (unpaired) electrons. The third-order valence-corrected chi connectivity index (χ3v) is 6.47. The van der Waals surface area contributed by atoms with Gasteiger partial charge >= 0.3 is 0 Å². The third kappa shape index (κ3) is 4.42. The number of sulfonamides is 1. The fourth-order valence-corrected chi connectivity index (χ4v) is 4.78. The molecule has 0 aliphatic heterocycles. The van der Waals surface area contributed by atoms with Gasteiger partial charge in [0, 0.05) is 6.04 Å². The highest BCUT2D eigenvalue weighted by atomic mass is 32.2. The quantitative estimate of drug-likeness (QED) is 0.791. The minimum Gasteiger partial charge on any atom is -0.495 e. The first kappa shape index (κ1) is 19.2. The van der Waals surface area contributed by atoms with Gasteiger partial charge in [-0.05, 0) is 37.1 Å². The molecule has 0 bridgehead atoms. The van der Waals surface area contributed by atoms with E-state index in [0.29, 0.717) is 11.4 Å². The van der Waals surface area contributed by atoms with Crippen LogP contribution in [0.3, 0.4) is 0 Å². The number of ether oxygens (including phenoxy) is 1. The number of hydrogen-bond acceptors (Lipinski definition) is 4. The van der Waals surface area contributed by atoms with Gasteiger partial charge in [-0.1, -0.05) is 43.2 Å². The van der Waals surface area contributed by atoms with Crippen LogP contribution in [0.2, 0.25) is 0 Å². The lowest BCUT2D eigenvalue weighted by Gasteiger charge is -2.26. The van der Waals surface area contributed by atoms with Gasteiger partial charge in [-0.15, -0.1) is 0 Å². The number of benzene rings is 2. The van der Waals surface area contributed by atoms with Crippen LogP contribution < -0.4 is 14.4 Å². The zero-order chi connectivity index (χ0) is 19.3. The summed E-state index contributed by atoms with van der Waals surface area (Å²) in [4.78, 5) is 12.7. The third-order valence-electron chi connectivity index (χ3n) is 4.69. The van der Waals surface area contributed by atoms with Crippen LogP contribution in [0.15, 0.2) is 59.5 Å². The van der Waals surface area contributed by atoms with Crippen molar-refractivity contribution in [3.05, 3.63) is 54.6 Å². The Balaban J connectivity index is 1.95. The normalized spacial score (nSPS) is 14.7. The summed E-state index contributed by atoms with van der Waals surface area (Å²) in [6.07, 6.45) is 4.05. The molecule has 27 heavy (non-hydrogen) atoms. The van der Waals surface area contributed by atoms with Gasteiger partial charge in [0.2, 0.25) is 5.91 Å². The van der Waals surface area contributed by atoms with Gasteiger partial charge in [-0.25, -0.2) is 8.42 Å². The van der Waals surface area contributed by atoms with E-state index in [1.54, 1.807) is 42.5 Å². The predicted molar refractivity (Wildman–Crippen MR) is 104 cm³/mol. The molecule has 1 fully saturated rings. The van der Waals surface area contributed by atoms with Crippen molar-refractivity contribution in [2.24, 2.45) is 0 Å². The van der Waals surface area contributed by atoms with Crippen molar-refractivity contribution in [2.45, 2.75) is 36.6 Å². The van der Waals surface area contributed by atoms with Crippen molar-refractivity contribution in [3.8, 4) is 5.75 Å². The SMILES string of the molecule is COc1ccccc1N(CC(=O)NC1CCCC1)S(=O)(=O)c1ccccc1. The van der Waals surface area contributed by atoms with Crippen LogP contribution >= 0.6 is 0 Å². The van der Waals surface area contributed by atoms with Crippen molar-refractivity contribution in [1.82, 2.24) is 5.32 Å². The Morgan fingerprint density at radius 1 is 1.07 bits per heavy atom. The van der Waals surface area contributed by atoms with Crippen LogP contribution in [0.25, 0.3) is 0 Å². The van der Waals surface area contributed by atoms with E-state index < -0.39 is 10.0 Å². The van der Waals surface area contributed by atoms with Crippen molar-refractivity contribution < 1.29 is 17.9 Å². The van der Waals surface area contributed by atoms with Crippen molar-refractivity contribution in [1.29, 1.82) is 0 Å². The summed E-state index contributed by atoms with van der Waals surface area (Å²) in [6, 6.07) is 15.0. The van der Waals surface area contributed by atoms with Crippen molar-refractivity contribution >= 4 is 21.6 Å². The van der Waals surface area contributed by atoms with Gasteiger partial charge in [0.05, 0.1) is 17.7 Å². The van der Waals surface area contributed by atoms with Gasteiger partial charge in [-0.2, -0.15) is 0 Å². The number of methoxy groups -OCH3 is 1. The van der Waals surface area contributed by atoms with Gasteiger partial charge in [0.25, 0.3) is 10.0 Å². The molecule has 2 aromatic rings. The second-order valence-corrected chi connectivity index (χ2v) is 8.41. The highest BCUT2D eigenvalue weighted by Crippen LogP contribution is 2.32. The topological polar surface area (TPSA) is 75.7 Å². The number of para-hydroxylation sites is 2. The van der Waals surface area contributed by atoms with Crippen LogP contribution in [0.4, 0.5) is 5.69 Å². The number of carbonyl (C=O) groups is 1. The zero-order valence-corrected chi connectivity index (χ0v) is 16.1. The maximum absolute atomic E-state index is 13.3. The molecule has 0 unspecified atom stereocenters. The van der Waals surface area contributed by atoms with Crippen molar-refractivity contribution in [2.75, 3.05) is 18.0 Å². The van der Waals surface area contributed by atoms with Crippen LogP contribution in [0, 0.1) is 0 Å². The van der Waals surface area contributed by atoms with E-state index in [4.69, 9.17) is 4.74 Å². The Labute approximate surface area is 160 Å². The number of hydrogen-bond donors (Lipinski definition) is 1. The summed E-state index contributed by atoms with van der Waals surface area (Å²) in [5.74, 6) is 0.0815. The highest BCUT2D eigenvalue weighted by Gasteiger charge is 2.30. The fourth-order valence-electron chi connectivity index (χ4n) is 3.33. The Morgan fingerprint density at radius 3 is 2.37 bits per heavy atom. The van der Waals surface area contributed by atoms with Gasteiger partial charge in [0.15, 0.2) is 0 Å². The molecule has 1 amide bonds. The lowest BCUT2D eigenvalue weighted by molar-refractivity contribution is -0.120. The predicted octanol–water partition coefficient (Wildman–Crippen LogP) is 2.95. The molecule has 6 nitrogen and oxygen atoms in total. The number of nitrogens with zero attached hydrogens (tertiary/aromatic N) is 1. The van der Waals surface area contributed by atoms with Gasteiger partial charge in [0.1, 0.15) is 12.3 Å². The first-order valence-electron chi connectivity index (χ1n) is 9.02. The van der Waals surface area contributed by atoms with E-state index in [0.717, 1.165) is 30.0 Å². The molecule has 0 aromatic heterocycles. The monoisotopic (exact) mass is 388 g/mol.